The van der Waals surface area contributed by atoms with E-state index >= 15 is 0 Å². The maximum absolute atomic E-state index is 13.8. The molecule has 126 valence electrons. The van der Waals surface area contributed by atoms with Crippen molar-refractivity contribution in [3.8, 4) is 5.75 Å². The van der Waals surface area contributed by atoms with Crippen LogP contribution in [-0.4, -0.2) is 36.2 Å². The Hall–Kier alpha value is -0.840. The average Bonchev–Trinajstić information content (AvgIpc) is 2.46. The minimum atomic E-state index is -0.260. The number of phenolic OH excluding ortho intramolecular Hbond substituents is 1. The molecule has 22 heavy (non-hydrogen) atoms. The van der Waals surface area contributed by atoms with Gasteiger partial charge in [0, 0.05) is 37.8 Å². The molecule has 0 saturated carbocycles. The van der Waals surface area contributed by atoms with Crippen LogP contribution in [-0.2, 0) is 0 Å². The van der Waals surface area contributed by atoms with Crippen LogP contribution in [0, 0.1) is 18.7 Å². The van der Waals surface area contributed by atoms with Crippen molar-refractivity contribution in [2.45, 2.75) is 39.7 Å². The molecule has 3 nitrogen and oxygen atoms in total. The number of nitrogens with one attached hydrogen (secondary N) is 1. The molecule has 2 N–H and O–H groups in total. The van der Waals surface area contributed by atoms with Crippen LogP contribution in [0.5, 0.6) is 5.75 Å². The van der Waals surface area contributed by atoms with Gasteiger partial charge in [0.2, 0.25) is 0 Å². The first-order valence-corrected chi connectivity index (χ1v) is 7.98. The Morgan fingerprint density at radius 2 is 1.95 bits per heavy atom. The number of nitrogens with zero attached hydrogens (tertiary/aromatic N) is 1. The zero-order chi connectivity index (χ0) is 15.4. The summed E-state index contributed by atoms with van der Waals surface area (Å²) in [6.07, 6.45) is 2.17. The summed E-state index contributed by atoms with van der Waals surface area (Å²) in [5, 5.41) is 13.8. The van der Waals surface area contributed by atoms with Crippen molar-refractivity contribution in [3.05, 3.63) is 29.1 Å². The second-order valence-electron chi connectivity index (χ2n) is 6.16. The van der Waals surface area contributed by atoms with Gasteiger partial charge in [0.1, 0.15) is 11.6 Å². The SMILES string of the molecule is CCCC(C)[C@H](c1cc(F)cc(C)c1O)N1CCNCC1.Cl. The quantitative estimate of drug-likeness (QED) is 0.865. The largest absolute Gasteiger partial charge is 0.507 e. The normalized spacial score (nSPS) is 18.5. The number of aromatic hydroxyl groups is 1. The van der Waals surface area contributed by atoms with Crippen molar-refractivity contribution >= 4 is 12.4 Å². The average molecular weight is 331 g/mol. The van der Waals surface area contributed by atoms with Gasteiger partial charge < -0.3 is 10.4 Å². The standard InChI is InChI=1S/C17H27FN2O.ClH/c1-4-5-12(2)16(20-8-6-19-7-9-20)15-11-14(18)10-13(3)17(15)21;/h10-12,16,19,21H,4-9H2,1-3H3;1H/t12?,16-;/m1./s1. The second kappa shape index (κ2) is 8.70. The predicted octanol–water partition coefficient (Wildman–Crippen LogP) is 3.64. The Morgan fingerprint density at radius 3 is 2.55 bits per heavy atom. The van der Waals surface area contributed by atoms with Gasteiger partial charge in [-0.25, -0.2) is 4.39 Å². The summed E-state index contributed by atoms with van der Waals surface area (Å²) in [7, 11) is 0. The van der Waals surface area contributed by atoms with Crippen LogP contribution >= 0.6 is 12.4 Å². The second-order valence-corrected chi connectivity index (χ2v) is 6.16. The van der Waals surface area contributed by atoms with Gasteiger partial charge in [0.15, 0.2) is 0 Å². The van der Waals surface area contributed by atoms with Crippen LogP contribution in [0.2, 0.25) is 0 Å². The summed E-state index contributed by atoms with van der Waals surface area (Å²) in [4.78, 5) is 2.38. The Balaban J connectivity index is 0.00000242. The molecular formula is C17H28ClFN2O. The summed E-state index contributed by atoms with van der Waals surface area (Å²) < 4.78 is 13.8. The fraction of sp³-hybridized carbons (Fsp3) is 0.647. The summed E-state index contributed by atoms with van der Waals surface area (Å²) in [5.74, 6) is 0.382. The number of phenols is 1. The van der Waals surface area contributed by atoms with Crippen molar-refractivity contribution < 1.29 is 9.50 Å². The molecule has 1 fully saturated rings. The minimum absolute atomic E-state index is 0. The van der Waals surface area contributed by atoms with Crippen molar-refractivity contribution in [2.24, 2.45) is 5.92 Å². The Bertz CT molecular complexity index is 478. The van der Waals surface area contributed by atoms with Crippen LogP contribution in [0.1, 0.15) is 43.9 Å². The molecule has 0 radical (unpaired) electrons. The maximum Gasteiger partial charge on any atom is 0.124 e. The fourth-order valence-corrected chi connectivity index (χ4v) is 3.42. The van der Waals surface area contributed by atoms with Crippen LogP contribution in [0.25, 0.3) is 0 Å². The van der Waals surface area contributed by atoms with Crippen LogP contribution in [0.3, 0.4) is 0 Å². The molecule has 1 heterocycles. The number of hydrogen-bond acceptors (Lipinski definition) is 3. The van der Waals surface area contributed by atoms with E-state index in [-0.39, 0.29) is 30.0 Å². The minimum Gasteiger partial charge on any atom is -0.507 e. The lowest BCUT2D eigenvalue weighted by Gasteiger charge is -2.39. The fourth-order valence-electron chi connectivity index (χ4n) is 3.42. The molecule has 1 unspecified atom stereocenters. The number of hydrogen-bond donors (Lipinski definition) is 2. The highest BCUT2D eigenvalue weighted by Crippen LogP contribution is 2.38. The third-order valence-electron chi connectivity index (χ3n) is 4.44. The zero-order valence-corrected chi connectivity index (χ0v) is 14.5. The number of rotatable bonds is 5. The number of benzene rings is 1. The molecule has 1 aliphatic rings. The molecular weight excluding hydrogens is 303 g/mol. The van der Waals surface area contributed by atoms with Crippen molar-refractivity contribution in [3.63, 3.8) is 0 Å². The van der Waals surface area contributed by atoms with Gasteiger partial charge in [0.05, 0.1) is 0 Å². The molecule has 1 aliphatic heterocycles. The van der Waals surface area contributed by atoms with Gasteiger partial charge in [-0.05, 0) is 37.0 Å². The van der Waals surface area contributed by atoms with E-state index in [4.69, 9.17) is 0 Å². The first kappa shape index (κ1) is 19.2. The third kappa shape index (κ3) is 4.34. The first-order chi connectivity index (χ1) is 10.0. The molecule has 1 aromatic rings. The molecule has 0 spiro atoms. The van der Waals surface area contributed by atoms with E-state index in [0.717, 1.165) is 44.6 Å². The Morgan fingerprint density at radius 1 is 1.32 bits per heavy atom. The first-order valence-electron chi connectivity index (χ1n) is 7.98. The van der Waals surface area contributed by atoms with Crippen molar-refractivity contribution in [1.82, 2.24) is 10.2 Å². The number of halogens is 2. The Labute approximate surface area is 139 Å². The van der Waals surface area contributed by atoms with E-state index in [2.05, 4.69) is 24.1 Å². The summed E-state index contributed by atoms with van der Waals surface area (Å²) >= 11 is 0. The van der Waals surface area contributed by atoms with Crippen LogP contribution in [0.4, 0.5) is 4.39 Å². The van der Waals surface area contributed by atoms with E-state index in [0.29, 0.717) is 11.5 Å². The molecule has 1 aromatic carbocycles. The molecule has 2 atom stereocenters. The van der Waals surface area contributed by atoms with E-state index in [1.165, 1.54) is 12.1 Å². The van der Waals surface area contributed by atoms with Gasteiger partial charge in [-0.3, -0.25) is 4.90 Å². The van der Waals surface area contributed by atoms with E-state index in [1.54, 1.807) is 6.92 Å². The lowest BCUT2D eigenvalue weighted by molar-refractivity contribution is 0.123. The molecule has 0 aliphatic carbocycles. The van der Waals surface area contributed by atoms with E-state index in [1.807, 2.05) is 0 Å². The lowest BCUT2D eigenvalue weighted by Crippen LogP contribution is -2.46. The van der Waals surface area contributed by atoms with Gasteiger partial charge >= 0.3 is 0 Å². The summed E-state index contributed by atoms with van der Waals surface area (Å²) in [6, 6.07) is 3.00. The van der Waals surface area contributed by atoms with Gasteiger partial charge in [-0.1, -0.05) is 20.3 Å². The zero-order valence-electron chi connectivity index (χ0n) is 13.7. The van der Waals surface area contributed by atoms with Crippen LogP contribution in [0.15, 0.2) is 12.1 Å². The third-order valence-corrected chi connectivity index (χ3v) is 4.44. The smallest absolute Gasteiger partial charge is 0.124 e. The van der Waals surface area contributed by atoms with E-state index < -0.39 is 0 Å². The lowest BCUT2D eigenvalue weighted by atomic mass is 9.87. The maximum atomic E-state index is 13.8. The monoisotopic (exact) mass is 330 g/mol. The summed E-state index contributed by atoms with van der Waals surface area (Å²) in [6.45, 7) is 9.91. The van der Waals surface area contributed by atoms with Gasteiger partial charge in [-0.2, -0.15) is 0 Å². The molecule has 2 rings (SSSR count). The molecule has 5 heteroatoms. The van der Waals surface area contributed by atoms with Crippen molar-refractivity contribution in [2.75, 3.05) is 26.2 Å². The van der Waals surface area contributed by atoms with Crippen molar-refractivity contribution in [1.29, 1.82) is 0 Å². The highest BCUT2D eigenvalue weighted by molar-refractivity contribution is 5.85. The highest BCUT2D eigenvalue weighted by atomic mass is 35.5. The van der Waals surface area contributed by atoms with Gasteiger partial charge in [-0.15, -0.1) is 12.4 Å². The molecule has 0 amide bonds. The number of aryl methyl sites for hydroxylation is 1. The van der Waals surface area contributed by atoms with Gasteiger partial charge in [0.25, 0.3) is 0 Å². The topological polar surface area (TPSA) is 35.5 Å². The van der Waals surface area contributed by atoms with E-state index in [9.17, 15) is 9.50 Å². The molecule has 1 saturated heterocycles. The van der Waals surface area contributed by atoms with Crippen LogP contribution < -0.4 is 5.32 Å². The number of piperazine rings is 1. The molecule has 0 bridgehead atoms. The highest BCUT2D eigenvalue weighted by Gasteiger charge is 2.29. The summed E-state index contributed by atoms with van der Waals surface area (Å²) in [5.41, 5.74) is 1.36. The Kier molecular flexibility index (Phi) is 7.60. The predicted molar refractivity (Wildman–Crippen MR) is 91.3 cm³/mol. The molecule has 0 aromatic heterocycles.